The molecule has 1 rings (SSSR count). The molecule has 2 N–H and O–H groups in total. The molecule has 1 unspecified atom stereocenters. The molecule has 1 saturated heterocycles. The Bertz CT molecular complexity index is 168. The van der Waals surface area contributed by atoms with Crippen molar-refractivity contribution >= 4 is 17.6 Å². The molecule has 0 radical (unpaired) electrons. The molecule has 0 aromatic carbocycles. The van der Waals surface area contributed by atoms with Gasteiger partial charge in [-0.2, -0.15) is 0 Å². The zero-order valence-corrected chi connectivity index (χ0v) is 6.54. The number of alkyl halides is 1. The molecular formula is C6H9ClO4. The second-order valence-corrected chi connectivity index (χ2v) is 2.94. The average Bonchev–Trinajstić information content (AvgIpc) is 1.83. The van der Waals surface area contributed by atoms with Crippen LogP contribution >= 0.6 is 11.6 Å². The maximum absolute atomic E-state index is 10.6. The van der Waals surface area contributed by atoms with E-state index in [9.17, 15) is 4.79 Å². The number of carbonyl (C=O) groups excluding carboxylic acids is 1. The summed E-state index contributed by atoms with van der Waals surface area (Å²) in [5.41, 5.74) is 0. The van der Waals surface area contributed by atoms with Crippen molar-refractivity contribution in [1.82, 2.24) is 0 Å². The van der Waals surface area contributed by atoms with Crippen molar-refractivity contribution in [1.29, 1.82) is 0 Å². The van der Waals surface area contributed by atoms with Crippen molar-refractivity contribution < 1.29 is 19.7 Å². The van der Waals surface area contributed by atoms with Gasteiger partial charge in [0.05, 0.1) is 12.3 Å². The molecule has 1 fully saturated rings. The van der Waals surface area contributed by atoms with E-state index in [0.717, 1.165) is 0 Å². The molecule has 1 atom stereocenters. The van der Waals surface area contributed by atoms with Gasteiger partial charge in [0.1, 0.15) is 6.10 Å². The third kappa shape index (κ3) is 2.32. The highest BCUT2D eigenvalue weighted by Crippen LogP contribution is 2.23. The molecule has 4 nitrogen and oxygen atoms in total. The van der Waals surface area contributed by atoms with Crippen molar-refractivity contribution in [2.24, 2.45) is 0 Å². The second-order valence-electron chi connectivity index (χ2n) is 2.63. The van der Waals surface area contributed by atoms with E-state index in [-0.39, 0.29) is 18.7 Å². The Morgan fingerprint density at radius 3 is 2.82 bits per heavy atom. The summed E-state index contributed by atoms with van der Waals surface area (Å²) in [5, 5.41) is 18.1. The van der Waals surface area contributed by atoms with Gasteiger partial charge in [-0.25, -0.2) is 0 Å². The van der Waals surface area contributed by atoms with Gasteiger partial charge in [-0.1, -0.05) is 0 Å². The highest BCUT2D eigenvalue weighted by atomic mass is 35.5. The van der Waals surface area contributed by atoms with Crippen molar-refractivity contribution in [3.8, 4) is 0 Å². The zero-order chi connectivity index (χ0) is 8.48. The Labute approximate surface area is 68.7 Å². The first-order chi connectivity index (χ1) is 5.03. The van der Waals surface area contributed by atoms with Gasteiger partial charge >= 0.3 is 5.97 Å². The third-order valence-electron chi connectivity index (χ3n) is 1.45. The highest BCUT2D eigenvalue weighted by molar-refractivity contribution is 6.18. The minimum absolute atomic E-state index is 0.0117. The van der Waals surface area contributed by atoms with Crippen LogP contribution in [-0.2, 0) is 9.53 Å². The van der Waals surface area contributed by atoms with E-state index < -0.39 is 17.9 Å². The first kappa shape index (κ1) is 8.77. The van der Waals surface area contributed by atoms with Crippen LogP contribution in [0.4, 0.5) is 0 Å². The monoisotopic (exact) mass is 180 g/mol. The van der Waals surface area contributed by atoms with Crippen molar-refractivity contribution in [3.05, 3.63) is 0 Å². The first-order valence-corrected chi connectivity index (χ1v) is 3.77. The molecule has 0 saturated carbocycles. The second kappa shape index (κ2) is 2.97. The molecule has 0 spiro atoms. The molecule has 11 heavy (non-hydrogen) atoms. The minimum Gasteiger partial charge on any atom is -0.461 e. The lowest BCUT2D eigenvalue weighted by atomic mass is 10.0. The fourth-order valence-electron chi connectivity index (χ4n) is 1.02. The molecule has 0 aromatic heterocycles. The average molecular weight is 181 g/mol. The van der Waals surface area contributed by atoms with Crippen molar-refractivity contribution in [3.63, 3.8) is 0 Å². The van der Waals surface area contributed by atoms with Gasteiger partial charge in [-0.3, -0.25) is 4.79 Å². The third-order valence-corrected chi connectivity index (χ3v) is 1.80. The molecule has 0 bridgehead atoms. The quantitative estimate of drug-likeness (QED) is 0.328. The smallest absolute Gasteiger partial charge is 0.311 e. The van der Waals surface area contributed by atoms with Gasteiger partial charge < -0.3 is 14.9 Å². The summed E-state index contributed by atoms with van der Waals surface area (Å²) in [6, 6.07) is 0. The van der Waals surface area contributed by atoms with Crippen LogP contribution in [0.2, 0.25) is 0 Å². The maximum atomic E-state index is 10.6. The van der Waals surface area contributed by atoms with Crippen LogP contribution in [0.3, 0.4) is 0 Å². The largest absolute Gasteiger partial charge is 0.461 e. The lowest BCUT2D eigenvalue weighted by molar-refractivity contribution is -0.220. The molecule has 1 aliphatic rings. The summed E-state index contributed by atoms with van der Waals surface area (Å²) < 4.78 is 4.68. The first-order valence-electron chi connectivity index (χ1n) is 3.24. The number of hydrogen-bond donors (Lipinski definition) is 2. The fraction of sp³-hybridized carbons (Fsp3) is 0.833. The molecule has 64 valence electrons. The van der Waals surface area contributed by atoms with Crippen LogP contribution in [-0.4, -0.2) is 34.0 Å². The topological polar surface area (TPSA) is 66.8 Å². The van der Waals surface area contributed by atoms with Crippen molar-refractivity contribution in [2.45, 2.75) is 24.7 Å². The van der Waals surface area contributed by atoms with E-state index in [0.29, 0.717) is 0 Å². The Balaban J connectivity index is 2.58. The highest BCUT2D eigenvalue weighted by Gasteiger charge is 2.37. The Kier molecular flexibility index (Phi) is 2.37. The number of esters is 1. The summed E-state index contributed by atoms with van der Waals surface area (Å²) in [6.45, 7) is 0. The molecular weight excluding hydrogens is 172 g/mol. The normalized spacial score (nSPS) is 29.7. The number of cyclic esters (lactones) is 1. The number of hydrogen-bond acceptors (Lipinski definition) is 4. The van der Waals surface area contributed by atoms with E-state index in [1.165, 1.54) is 0 Å². The zero-order valence-electron chi connectivity index (χ0n) is 5.79. The standard InChI is InChI=1S/C6H9ClO4/c7-3-4-1-6(9,10)2-5(8)11-4/h4,9-10H,1-3H2. The summed E-state index contributed by atoms with van der Waals surface area (Å²) in [6.07, 6.45) is -0.962. The lowest BCUT2D eigenvalue weighted by Crippen LogP contribution is -2.43. The van der Waals surface area contributed by atoms with Crippen LogP contribution < -0.4 is 0 Å². The SMILES string of the molecule is O=C1CC(O)(O)CC(CCl)O1. The van der Waals surface area contributed by atoms with E-state index in [4.69, 9.17) is 21.8 Å². The van der Waals surface area contributed by atoms with Gasteiger partial charge in [0.25, 0.3) is 0 Å². The van der Waals surface area contributed by atoms with Gasteiger partial charge in [-0.15, -0.1) is 11.6 Å². The fourth-order valence-corrected chi connectivity index (χ4v) is 1.20. The Hall–Kier alpha value is -0.320. The molecule has 1 heterocycles. The van der Waals surface area contributed by atoms with E-state index in [1.54, 1.807) is 0 Å². The van der Waals surface area contributed by atoms with Gasteiger partial charge in [0, 0.05) is 6.42 Å². The predicted octanol–water partition coefficient (Wildman–Crippen LogP) is -0.388. The Morgan fingerprint density at radius 2 is 2.36 bits per heavy atom. The van der Waals surface area contributed by atoms with Crippen LogP contribution in [0.15, 0.2) is 0 Å². The van der Waals surface area contributed by atoms with E-state index in [1.807, 2.05) is 0 Å². The van der Waals surface area contributed by atoms with Gasteiger partial charge in [0.15, 0.2) is 5.79 Å². The lowest BCUT2D eigenvalue weighted by Gasteiger charge is -2.30. The van der Waals surface area contributed by atoms with Crippen molar-refractivity contribution in [2.75, 3.05) is 5.88 Å². The maximum Gasteiger partial charge on any atom is 0.311 e. The van der Waals surface area contributed by atoms with Crippen LogP contribution in [0.25, 0.3) is 0 Å². The molecule has 1 aliphatic heterocycles. The number of halogens is 1. The van der Waals surface area contributed by atoms with Crippen LogP contribution in [0.5, 0.6) is 0 Å². The van der Waals surface area contributed by atoms with E-state index in [2.05, 4.69) is 4.74 Å². The summed E-state index contributed by atoms with van der Waals surface area (Å²) in [4.78, 5) is 10.6. The number of ether oxygens (including phenoxy) is 1. The minimum atomic E-state index is -1.94. The predicted molar refractivity (Wildman–Crippen MR) is 37.0 cm³/mol. The van der Waals surface area contributed by atoms with Crippen LogP contribution in [0, 0.1) is 0 Å². The number of aliphatic hydroxyl groups is 2. The number of carbonyl (C=O) groups is 1. The molecule has 0 aliphatic carbocycles. The summed E-state index contributed by atoms with van der Waals surface area (Å²) >= 11 is 5.37. The van der Waals surface area contributed by atoms with Crippen LogP contribution in [0.1, 0.15) is 12.8 Å². The molecule has 0 amide bonds. The molecule has 5 heteroatoms. The van der Waals surface area contributed by atoms with Gasteiger partial charge in [0.2, 0.25) is 0 Å². The van der Waals surface area contributed by atoms with Gasteiger partial charge in [-0.05, 0) is 0 Å². The summed E-state index contributed by atoms with van der Waals surface area (Å²) in [7, 11) is 0. The number of rotatable bonds is 1. The summed E-state index contributed by atoms with van der Waals surface area (Å²) in [5.74, 6) is -2.46. The van der Waals surface area contributed by atoms with E-state index >= 15 is 0 Å². The Morgan fingerprint density at radius 1 is 1.73 bits per heavy atom. The molecule has 0 aromatic rings.